The van der Waals surface area contributed by atoms with Gasteiger partial charge in [-0.05, 0) is 44.4 Å². The van der Waals surface area contributed by atoms with Crippen LogP contribution in [0.3, 0.4) is 0 Å². The molecule has 0 radical (unpaired) electrons. The van der Waals surface area contributed by atoms with Gasteiger partial charge in [0.1, 0.15) is 0 Å². The highest BCUT2D eigenvalue weighted by atomic mass is 16.3. The van der Waals surface area contributed by atoms with Crippen LogP contribution in [0.25, 0.3) is 0 Å². The van der Waals surface area contributed by atoms with Gasteiger partial charge in [0.25, 0.3) is 0 Å². The standard InChI is InChI=1S/C18H34N2O/c19-18(14-21,15-11-12-15)13-20(16-7-3-1-4-8-16)17-9-5-2-6-10-17/h15-17,21H,1-14,19H2. The lowest BCUT2D eigenvalue weighted by atomic mass is 9.85. The molecule has 3 rings (SSSR count). The van der Waals surface area contributed by atoms with E-state index in [9.17, 15) is 5.11 Å². The van der Waals surface area contributed by atoms with E-state index in [0.717, 1.165) is 18.6 Å². The van der Waals surface area contributed by atoms with Crippen molar-refractivity contribution in [3.05, 3.63) is 0 Å². The first kappa shape index (κ1) is 15.8. The van der Waals surface area contributed by atoms with Gasteiger partial charge in [-0.15, -0.1) is 0 Å². The molecular formula is C18H34N2O. The summed E-state index contributed by atoms with van der Waals surface area (Å²) >= 11 is 0. The summed E-state index contributed by atoms with van der Waals surface area (Å²) in [5.74, 6) is 0.567. The van der Waals surface area contributed by atoms with Crippen LogP contribution in [-0.4, -0.2) is 40.8 Å². The Morgan fingerprint density at radius 2 is 1.29 bits per heavy atom. The molecule has 3 aliphatic carbocycles. The van der Waals surface area contributed by atoms with E-state index >= 15 is 0 Å². The number of hydrogen-bond acceptors (Lipinski definition) is 3. The lowest BCUT2D eigenvalue weighted by Crippen LogP contribution is -2.59. The topological polar surface area (TPSA) is 49.5 Å². The number of nitrogens with two attached hydrogens (primary N) is 1. The Labute approximate surface area is 130 Å². The summed E-state index contributed by atoms with van der Waals surface area (Å²) in [5.41, 5.74) is 6.29. The molecule has 0 aromatic rings. The van der Waals surface area contributed by atoms with Gasteiger partial charge in [0.15, 0.2) is 0 Å². The molecule has 122 valence electrons. The first-order chi connectivity index (χ1) is 10.2. The number of aliphatic hydroxyl groups excluding tert-OH is 1. The van der Waals surface area contributed by atoms with Crippen molar-refractivity contribution in [3.63, 3.8) is 0 Å². The molecule has 0 bridgehead atoms. The van der Waals surface area contributed by atoms with E-state index in [0.29, 0.717) is 5.92 Å². The van der Waals surface area contributed by atoms with E-state index in [2.05, 4.69) is 4.90 Å². The second-order valence-corrected chi connectivity index (χ2v) is 7.92. The molecule has 3 aliphatic rings. The van der Waals surface area contributed by atoms with Crippen molar-refractivity contribution in [2.24, 2.45) is 11.7 Å². The van der Waals surface area contributed by atoms with E-state index in [-0.39, 0.29) is 12.1 Å². The van der Waals surface area contributed by atoms with Gasteiger partial charge in [-0.3, -0.25) is 4.90 Å². The fraction of sp³-hybridized carbons (Fsp3) is 1.00. The van der Waals surface area contributed by atoms with Crippen LogP contribution in [0.4, 0.5) is 0 Å². The van der Waals surface area contributed by atoms with Crippen molar-refractivity contribution in [1.82, 2.24) is 4.90 Å². The lowest BCUT2D eigenvalue weighted by Gasteiger charge is -2.45. The molecule has 3 N–H and O–H groups in total. The van der Waals surface area contributed by atoms with Gasteiger partial charge in [-0.2, -0.15) is 0 Å². The Morgan fingerprint density at radius 1 is 0.810 bits per heavy atom. The third-order valence-electron chi connectivity index (χ3n) is 6.25. The first-order valence-corrected chi connectivity index (χ1v) is 9.38. The average Bonchev–Trinajstić information content (AvgIpc) is 3.39. The second kappa shape index (κ2) is 6.97. The van der Waals surface area contributed by atoms with Crippen LogP contribution in [0, 0.1) is 5.92 Å². The molecule has 0 heterocycles. The van der Waals surface area contributed by atoms with E-state index in [1.807, 2.05) is 0 Å². The molecule has 0 aromatic carbocycles. The third kappa shape index (κ3) is 3.80. The Morgan fingerprint density at radius 3 is 1.67 bits per heavy atom. The summed E-state index contributed by atoms with van der Waals surface area (Å²) in [5, 5.41) is 9.89. The molecular weight excluding hydrogens is 260 g/mol. The van der Waals surface area contributed by atoms with Crippen LogP contribution in [0.2, 0.25) is 0 Å². The molecule has 1 unspecified atom stereocenters. The second-order valence-electron chi connectivity index (χ2n) is 7.92. The Hall–Kier alpha value is -0.120. The van der Waals surface area contributed by atoms with Crippen LogP contribution in [-0.2, 0) is 0 Å². The molecule has 0 aliphatic heterocycles. The normalized spacial score (nSPS) is 28.7. The first-order valence-electron chi connectivity index (χ1n) is 9.38. The summed E-state index contributed by atoms with van der Waals surface area (Å²) < 4.78 is 0. The Kier molecular flexibility index (Phi) is 5.23. The molecule has 1 atom stereocenters. The van der Waals surface area contributed by atoms with Gasteiger partial charge in [0.05, 0.1) is 12.1 Å². The molecule has 21 heavy (non-hydrogen) atoms. The molecule has 3 nitrogen and oxygen atoms in total. The van der Waals surface area contributed by atoms with Gasteiger partial charge in [-0.1, -0.05) is 38.5 Å². The van der Waals surface area contributed by atoms with E-state index in [1.165, 1.54) is 77.0 Å². The zero-order valence-electron chi connectivity index (χ0n) is 13.6. The summed E-state index contributed by atoms with van der Waals surface area (Å²) in [7, 11) is 0. The van der Waals surface area contributed by atoms with Crippen molar-refractivity contribution < 1.29 is 5.11 Å². The van der Waals surface area contributed by atoms with Crippen molar-refractivity contribution in [2.75, 3.05) is 13.2 Å². The highest BCUT2D eigenvalue weighted by Gasteiger charge is 2.44. The fourth-order valence-corrected chi connectivity index (χ4v) is 4.69. The molecule has 3 saturated carbocycles. The summed E-state index contributed by atoms with van der Waals surface area (Å²) in [4.78, 5) is 2.76. The maximum absolute atomic E-state index is 9.89. The van der Waals surface area contributed by atoms with Crippen molar-refractivity contribution >= 4 is 0 Å². The van der Waals surface area contributed by atoms with Crippen molar-refractivity contribution in [1.29, 1.82) is 0 Å². The predicted octanol–water partition coefficient (Wildman–Crippen LogP) is 3.05. The molecule has 0 aromatic heterocycles. The number of nitrogens with zero attached hydrogens (tertiary/aromatic N) is 1. The maximum atomic E-state index is 9.89. The SMILES string of the molecule is NC(CO)(CN(C1CCCCC1)C1CCCCC1)C1CC1. The molecule has 3 heteroatoms. The Balaban J connectivity index is 1.70. The highest BCUT2D eigenvalue weighted by molar-refractivity contribution is 5.02. The summed E-state index contributed by atoms with van der Waals surface area (Å²) in [6.45, 7) is 1.09. The van der Waals surface area contributed by atoms with E-state index in [4.69, 9.17) is 5.73 Å². The van der Waals surface area contributed by atoms with Crippen LogP contribution in [0.1, 0.15) is 77.0 Å². The minimum Gasteiger partial charge on any atom is -0.394 e. The predicted molar refractivity (Wildman–Crippen MR) is 87.2 cm³/mol. The lowest BCUT2D eigenvalue weighted by molar-refractivity contribution is 0.0343. The zero-order valence-corrected chi connectivity index (χ0v) is 13.6. The van der Waals surface area contributed by atoms with Gasteiger partial charge < -0.3 is 10.8 Å². The molecule has 3 fully saturated rings. The average molecular weight is 294 g/mol. The van der Waals surface area contributed by atoms with Crippen LogP contribution in [0.15, 0.2) is 0 Å². The smallest absolute Gasteiger partial charge is 0.0626 e. The number of aliphatic hydroxyl groups is 1. The van der Waals surface area contributed by atoms with Crippen molar-refractivity contribution in [3.8, 4) is 0 Å². The van der Waals surface area contributed by atoms with Crippen LogP contribution < -0.4 is 5.73 Å². The molecule has 0 spiro atoms. The zero-order chi connectivity index (χ0) is 14.7. The van der Waals surface area contributed by atoms with Gasteiger partial charge >= 0.3 is 0 Å². The highest BCUT2D eigenvalue weighted by Crippen LogP contribution is 2.40. The van der Waals surface area contributed by atoms with Crippen LogP contribution in [0.5, 0.6) is 0 Å². The fourth-order valence-electron chi connectivity index (χ4n) is 4.69. The van der Waals surface area contributed by atoms with Gasteiger partial charge in [0.2, 0.25) is 0 Å². The number of rotatable bonds is 6. The van der Waals surface area contributed by atoms with Crippen molar-refractivity contribution in [2.45, 2.75) is 94.7 Å². The third-order valence-corrected chi connectivity index (χ3v) is 6.25. The largest absolute Gasteiger partial charge is 0.394 e. The maximum Gasteiger partial charge on any atom is 0.0626 e. The monoisotopic (exact) mass is 294 g/mol. The quantitative estimate of drug-likeness (QED) is 0.791. The van der Waals surface area contributed by atoms with Gasteiger partial charge in [0, 0.05) is 18.6 Å². The van der Waals surface area contributed by atoms with E-state index in [1.54, 1.807) is 0 Å². The molecule has 0 amide bonds. The molecule has 0 saturated heterocycles. The summed E-state index contributed by atoms with van der Waals surface area (Å²) in [6.07, 6.45) is 16.2. The summed E-state index contributed by atoms with van der Waals surface area (Å²) in [6, 6.07) is 1.46. The van der Waals surface area contributed by atoms with Gasteiger partial charge in [-0.25, -0.2) is 0 Å². The minimum absolute atomic E-state index is 0.160. The Bertz CT molecular complexity index is 301. The van der Waals surface area contributed by atoms with E-state index < -0.39 is 0 Å². The number of hydrogen-bond donors (Lipinski definition) is 2. The minimum atomic E-state index is -0.338. The van der Waals surface area contributed by atoms with Crippen LogP contribution >= 0.6 is 0 Å².